The van der Waals surface area contributed by atoms with Crippen LogP contribution in [0.1, 0.15) is 13.3 Å². The topological polar surface area (TPSA) is 35.5 Å². The van der Waals surface area contributed by atoms with Crippen LogP contribution in [0.25, 0.3) is 0 Å². The molecule has 0 radical (unpaired) electrons. The van der Waals surface area contributed by atoms with Crippen LogP contribution >= 0.6 is 8.69 Å². The van der Waals surface area contributed by atoms with Gasteiger partial charge in [-0.1, -0.05) is 6.92 Å². The number of ether oxygens (including phenoxy) is 1. The van der Waals surface area contributed by atoms with Crippen molar-refractivity contribution >= 4 is 8.69 Å². The molecule has 4 heteroatoms. The highest BCUT2D eigenvalue weighted by Crippen LogP contribution is 1.92. The van der Waals surface area contributed by atoms with Crippen LogP contribution in [0.3, 0.4) is 0 Å². The van der Waals surface area contributed by atoms with Gasteiger partial charge in [-0.3, -0.25) is 0 Å². The van der Waals surface area contributed by atoms with Crippen molar-refractivity contribution in [1.29, 1.82) is 0 Å². The highest BCUT2D eigenvalue weighted by Gasteiger charge is 1.90. The molecule has 0 spiro atoms. The van der Waals surface area contributed by atoms with E-state index < -0.39 is 8.69 Å². The fraction of sp³-hybridized carbons (Fsp3) is 1.00. The molecule has 0 bridgehead atoms. The van der Waals surface area contributed by atoms with Gasteiger partial charge in [0.05, 0.1) is 6.61 Å². The fourth-order valence-electron chi connectivity index (χ4n) is 0.389. The van der Waals surface area contributed by atoms with E-state index in [1.165, 1.54) is 0 Å². The maximum Gasteiger partial charge on any atom is 0.494 e. The Morgan fingerprint density at radius 1 is 1.33 bits per heavy atom. The molecule has 1 unspecified atom stereocenters. The smallest absolute Gasteiger partial charge is 0.379 e. The Kier molecular flexibility index (Phi) is 8.04. The van der Waals surface area contributed by atoms with E-state index in [0.29, 0.717) is 13.2 Å². The van der Waals surface area contributed by atoms with Gasteiger partial charge in [0.1, 0.15) is 6.61 Å². The third-order valence-corrected chi connectivity index (χ3v) is 1.06. The summed E-state index contributed by atoms with van der Waals surface area (Å²) in [6, 6.07) is 0. The molecule has 0 aliphatic rings. The highest BCUT2D eigenvalue weighted by atomic mass is 31.1. The lowest BCUT2D eigenvalue weighted by molar-refractivity contribution is 0.105. The van der Waals surface area contributed by atoms with Gasteiger partial charge in [-0.2, -0.15) is 0 Å². The first-order chi connectivity index (χ1) is 4.41. The summed E-state index contributed by atoms with van der Waals surface area (Å²) in [6.07, 6.45) is 1.01. The molecule has 0 aromatic rings. The van der Waals surface area contributed by atoms with Crippen LogP contribution in [0.4, 0.5) is 0 Å². The van der Waals surface area contributed by atoms with Crippen LogP contribution in [0, 0.1) is 0 Å². The predicted molar refractivity (Wildman–Crippen MR) is 36.1 cm³/mol. The van der Waals surface area contributed by atoms with Crippen LogP contribution < -0.4 is 0 Å². The van der Waals surface area contributed by atoms with E-state index >= 15 is 0 Å². The first-order valence-corrected chi connectivity index (χ1v) is 3.80. The fourth-order valence-corrected chi connectivity index (χ4v) is 0.555. The second kappa shape index (κ2) is 8.02. The van der Waals surface area contributed by atoms with E-state index in [4.69, 9.17) is 4.74 Å². The lowest BCUT2D eigenvalue weighted by Crippen LogP contribution is -1.99. The summed E-state index contributed by atoms with van der Waals surface area (Å²) < 4.78 is 19.3. The zero-order valence-corrected chi connectivity index (χ0v) is 6.55. The van der Waals surface area contributed by atoms with E-state index in [0.717, 1.165) is 13.0 Å². The van der Waals surface area contributed by atoms with Gasteiger partial charge in [0, 0.05) is 6.61 Å². The lowest BCUT2D eigenvalue weighted by Gasteiger charge is -1.95. The van der Waals surface area contributed by atoms with Gasteiger partial charge >= 0.3 is 8.69 Å². The largest absolute Gasteiger partial charge is 0.494 e. The van der Waals surface area contributed by atoms with Crippen molar-refractivity contribution in [2.75, 3.05) is 19.8 Å². The molecule has 0 aromatic heterocycles. The minimum absolute atomic E-state index is 0.432. The summed E-state index contributed by atoms with van der Waals surface area (Å²) in [5.41, 5.74) is 0. The molecule has 54 valence electrons. The van der Waals surface area contributed by atoms with Crippen LogP contribution in [0.15, 0.2) is 0 Å². The average Bonchev–Trinajstić information content (AvgIpc) is 1.89. The van der Waals surface area contributed by atoms with Crippen LogP contribution in [0.2, 0.25) is 0 Å². The lowest BCUT2D eigenvalue weighted by atomic mass is 10.5. The Balaban J connectivity index is 2.66. The normalized spacial score (nSPS) is 10.3. The summed E-state index contributed by atoms with van der Waals surface area (Å²) in [5.74, 6) is 0. The third-order valence-electron chi connectivity index (χ3n) is 0.737. The van der Waals surface area contributed by atoms with E-state index in [-0.39, 0.29) is 0 Å². The van der Waals surface area contributed by atoms with Crippen molar-refractivity contribution in [2.24, 2.45) is 0 Å². The van der Waals surface area contributed by atoms with Gasteiger partial charge in [-0.25, -0.2) is 0 Å². The summed E-state index contributed by atoms with van der Waals surface area (Å²) in [6.45, 7) is 3.77. The minimum atomic E-state index is -0.660. The van der Waals surface area contributed by atoms with Gasteiger partial charge in [0.15, 0.2) is 0 Å². The molecule has 0 saturated heterocycles. The van der Waals surface area contributed by atoms with Crippen molar-refractivity contribution in [1.82, 2.24) is 0 Å². The number of hydrogen-bond donors (Lipinski definition) is 0. The van der Waals surface area contributed by atoms with E-state index in [1.54, 1.807) is 0 Å². The molecule has 0 heterocycles. The zero-order chi connectivity index (χ0) is 6.95. The predicted octanol–water partition coefficient (Wildman–Crippen LogP) is 1.37. The van der Waals surface area contributed by atoms with Crippen LogP contribution in [-0.4, -0.2) is 19.8 Å². The Bertz CT molecular complexity index is 67.2. The molecule has 0 amide bonds. The SMILES string of the molecule is CCCOCCO[PH+]=O. The summed E-state index contributed by atoms with van der Waals surface area (Å²) in [7, 11) is -0.660. The van der Waals surface area contributed by atoms with Gasteiger partial charge in [0.25, 0.3) is 0 Å². The Hall–Kier alpha value is 0.0200. The minimum Gasteiger partial charge on any atom is -0.379 e. The maximum atomic E-state index is 9.71. The molecule has 0 N–H and O–H groups in total. The van der Waals surface area contributed by atoms with Crippen molar-refractivity contribution < 1.29 is 13.8 Å². The molecule has 0 fully saturated rings. The Morgan fingerprint density at radius 3 is 2.67 bits per heavy atom. The Morgan fingerprint density at radius 2 is 2.11 bits per heavy atom. The second-order valence-electron chi connectivity index (χ2n) is 1.54. The van der Waals surface area contributed by atoms with Crippen molar-refractivity contribution in [3.05, 3.63) is 0 Å². The molecule has 0 aliphatic heterocycles. The van der Waals surface area contributed by atoms with Gasteiger partial charge in [0.2, 0.25) is 0 Å². The maximum absolute atomic E-state index is 9.71. The molecule has 0 aromatic carbocycles. The molecular formula is C5H12O3P+. The van der Waals surface area contributed by atoms with E-state index in [2.05, 4.69) is 4.52 Å². The molecule has 0 rings (SSSR count). The quantitative estimate of drug-likeness (QED) is 0.424. The monoisotopic (exact) mass is 151 g/mol. The molecule has 3 nitrogen and oxygen atoms in total. The van der Waals surface area contributed by atoms with Gasteiger partial charge in [-0.15, -0.1) is 4.52 Å². The third kappa shape index (κ3) is 8.02. The number of hydrogen-bond acceptors (Lipinski definition) is 3. The average molecular weight is 151 g/mol. The van der Waals surface area contributed by atoms with E-state index in [9.17, 15) is 4.57 Å². The van der Waals surface area contributed by atoms with Crippen molar-refractivity contribution in [3.8, 4) is 0 Å². The van der Waals surface area contributed by atoms with Crippen LogP contribution in [0.5, 0.6) is 0 Å². The summed E-state index contributed by atoms with van der Waals surface area (Å²) in [4.78, 5) is 0. The first-order valence-electron chi connectivity index (χ1n) is 2.98. The Labute approximate surface area is 56.6 Å². The molecule has 0 aliphatic carbocycles. The van der Waals surface area contributed by atoms with Crippen LogP contribution in [-0.2, 0) is 13.8 Å². The zero-order valence-electron chi connectivity index (χ0n) is 5.55. The molecular weight excluding hydrogens is 139 g/mol. The molecule has 1 atom stereocenters. The highest BCUT2D eigenvalue weighted by molar-refractivity contribution is 7.17. The molecule has 0 saturated carbocycles. The van der Waals surface area contributed by atoms with E-state index in [1.807, 2.05) is 6.92 Å². The first kappa shape index (κ1) is 9.02. The van der Waals surface area contributed by atoms with Gasteiger partial charge in [-0.05, 0) is 11.0 Å². The second-order valence-corrected chi connectivity index (χ2v) is 2.00. The van der Waals surface area contributed by atoms with Gasteiger partial charge < -0.3 is 4.74 Å². The van der Waals surface area contributed by atoms with Crippen molar-refractivity contribution in [2.45, 2.75) is 13.3 Å². The standard InChI is InChI=1S/C5H12O3P/c1-2-3-7-4-5-8-9-6/h9H,2-5H2,1H3/q+1. The summed E-state index contributed by atoms with van der Waals surface area (Å²) >= 11 is 0. The van der Waals surface area contributed by atoms with Crippen molar-refractivity contribution in [3.63, 3.8) is 0 Å². The number of rotatable bonds is 6. The molecule has 9 heavy (non-hydrogen) atoms. The summed E-state index contributed by atoms with van der Waals surface area (Å²) in [5, 5.41) is 0.